The van der Waals surface area contributed by atoms with E-state index in [1.54, 1.807) is 0 Å². The van der Waals surface area contributed by atoms with E-state index in [1.807, 2.05) is 0 Å². The molecule has 1 aromatic rings. The third-order valence-electron chi connectivity index (χ3n) is 3.93. The van der Waals surface area contributed by atoms with Gasteiger partial charge in [0.1, 0.15) is 0 Å². The summed E-state index contributed by atoms with van der Waals surface area (Å²) in [6, 6.07) is 9.59. The zero-order chi connectivity index (χ0) is 13.0. The van der Waals surface area contributed by atoms with E-state index in [-0.39, 0.29) is 0 Å². The molecule has 0 amide bonds. The number of benzene rings is 1. The van der Waals surface area contributed by atoms with Crippen LogP contribution in [0, 0.1) is 12.8 Å². The average Bonchev–Trinajstić information content (AvgIpc) is 3.20. The Morgan fingerprint density at radius 3 is 2.50 bits per heavy atom. The van der Waals surface area contributed by atoms with Gasteiger partial charge in [0.2, 0.25) is 0 Å². The van der Waals surface area contributed by atoms with E-state index in [4.69, 9.17) is 0 Å². The summed E-state index contributed by atoms with van der Waals surface area (Å²) in [7, 11) is 2.18. The van der Waals surface area contributed by atoms with Crippen molar-refractivity contribution >= 4 is 0 Å². The second-order valence-electron chi connectivity index (χ2n) is 5.58. The molecule has 1 saturated carbocycles. The maximum absolute atomic E-state index is 3.74. The smallest absolute Gasteiger partial charge is 0.0349 e. The van der Waals surface area contributed by atoms with E-state index in [9.17, 15) is 0 Å². The molecule has 1 unspecified atom stereocenters. The monoisotopic (exact) mass is 246 g/mol. The molecule has 1 aliphatic rings. The third-order valence-corrected chi connectivity index (χ3v) is 3.93. The highest BCUT2D eigenvalue weighted by atomic mass is 15.1. The van der Waals surface area contributed by atoms with E-state index in [0.29, 0.717) is 6.04 Å². The van der Waals surface area contributed by atoms with Crippen LogP contribution in [-0.2, 0) is 0 Å². The Labute approximate surface area is 111 Å². The van der Waals surface area contributed by atoms with Crippen molar-refractivity contribution < 1.29 is 0 Å². The summed E-state index contributed by atoms with van der Waals surface area (Å²) in [5.74, 6) is 0.861. The lowest BCUT2D eigenvalue weighted by molar-refractivity contribution is 0.334. The number of hydrogen-bond donors (Lipinski definition) is 1. The van der Waals surface area contributed by atoms with Gasteiger partial charge in [-0.25, -0.2) is 0 Å². The quantitative estimate of drug-likeness (QED) is 0.795. The van der Waals surface area contributed by atoms with Gasteiger partial charge < -0.3 is 10.2 Å². The van der Waals surface area contributed by atoms with Gasteiger partial charge in [-0.2, -0.15) is 0 Å². The van der Waals surface area contributed by atoms with Crippen LogP contribution in [0.2, 0.25) is 0 Å². The van der Waals surface area contributed by atoms with Crippen LogP contribution in [-0.4, -0.2) is 31.6 Å². The van der Waals surface area contributed by atoms with Gasteiger partial charge in [-0.3, -0.25) is 0 Å². The first-order chi connectivity index (χ1) is 8.70. The van der Waals surface area contributed by atoms with Crippen LogP contribution in [0.5, 0.6) is 0 Å². The predicted molar refractivity (Wildman–Crippen MR) is 77.8 cm³/mol. The van der Waals surface area contributed by atoms with Gasteiger partial charge >= 0.3 is 0 Å². The Balaban J connectivity index is 1.90. The molecule has 0 heterocycles. The second kappa shape index (κ2) is 6.35. The van der Waals surface area contributed by atoms with Crippen molar-refractivity contribution in [1.29, 1.82) is 0 Å². The average molecular weight is 246 g/mol. The fourth-order valence-electron chi connectivity index (χ4n) is 2.33. The standard InChI is InChI=1S/C16H26N2/c1-4-18(3)12-11-17-16(15-9-10-15)14-7-5-13(2)6-8-14/h5-8,15-17H,4,9-12H2,1-3H3. The van der Waals surface area contributed by atoms with Crippen LogP contribution in [0.3, 0.4) is 0 Å². The predicted octanol–water partition coefficient (Wildman–Crippen LogP) is 2.99. The number of aryl methyl sites for hydroxylation is 1. The van der Waals surface area contributed by atoms with Crippen LogP contribution in [0.25, 0.3) is 0 Å². The summed E-state index contributed by atoms with van der Waals surface area (Å²) in [4.78, 5) is 2.35. The number of rotatable bonds is 7. The molecular weight excluding hydrogens is 220 g/mol. The van der Waals surface area contributed by atoms with Crippen LogP contribution in [0.4, 0.5) is 0 Å². The van der Waals surface area contributed by atoms with Gasteiger partial charge in [-0.05, 0) is 44.8 Å². The fourth-order valence-corrected chi connectivity index (χ4v) is 2.33. The summed E-state index contributed by atoms with van der Waals surface area (Å²) in [5.41, 5.74) is 2.81. The van der Waals surface area contributed by atoms with Crippen LogP contribution >= 0.6 is 0 Å². The first kappa shape index (κ1) is 13.6. The molecule has 1 N–H and O–H groups in total. The van der Waals surface area contributed by atoms with Gasteiger partial charge in [-0.1, -0.05) is 36.8 Å². The molecule has 1 aromatic carbocycles. The number of nitrogens with zero attached hydrogens (tertiary/aromatic N) is 1. The number of nitrogens with one attached hydrogen (secondary N) is 1. The first-order valence-corrected chi connectivity index (χ1v) is 7.19. The molecule has 1 fully saturated rings. The van der Waals surface area contributed by atoms with Crippen LogP contribution < -0.4 is 5.32 Å². The number of hydrogen-bond acceptors (Lipinski definition) is 2. The summed E-state index contributed by atoms with van der Waals surface area (Å²) < 4.78 is 0. The summed E-state index contributed by atoms with van der Waals surface area (Å²) in [6.45, 7) is 7.70. The summed E-state index contributed by atoms with van der Waals surface area (Å²) in [5, 5.41) is 3.74. The van der Waals surface area contributed by atoms with Crippen molar-refractivity contribution in [3.8, 4) is 0 Å². The molecule has 2 heteroatoms. The van der Waals surface area contributed by atoms with E-state index >= 15 is 0 Å². The van der Waals surface area contributed by atoms with Crippen molar-refractivity contribution in [2.45, 2.75) is 32.7 Å². The Bertz CT molecular complexity index is 354. The highest BCUT2D eigenvalue weighted by Crippen LogP contribution is 2.40. The molecular formula is C16H26N2. The minimum absolute atomic E-state index is 0.566. The summed E-state index contributed by atoms with van der Waals surface area (Å²) >= 11 is 0. The Morgan fingerprint density at radius 2 is 1.94 bits per heavy atom. The topological polar surface area (TPSA) is 15.3 Å². The first-order valence-electron chi connectivity index (χ1n) is 7.19. The summed E-state index contributed by atoms with van der Waals surface area (Å²) in [6.07, 6.45) is 2.77. The molecule has 18 heavy (non-hydrogen) atoms. The molecule has 0 saturated heterocycles. The van der Waals surface area contributed by atoms with Crippen molar-refractivity contribution in [2.75, 3.05) is 26.7 Å². The highest BCUT2D eigenvalue weighted by Gasteiger charge is 2.31. The molecule has 2 nitrogen and oxygen atoms in total. The van der Waals surface area contributed by atoms with E-state index in [2.05, 4.69) is 55.4 Å². The molecule has 0 spiro atoms. The number of likely N-dealkylation sites (N-methyl/N-ethyl adjacent to an activating group) is 1. The Hall–Kier alpha value is -0.860. The lowest BCUT2D eigenvalue weighted by atomic mass is 10.0. The molecule has 1 atom stereocenters. The Kier molecular flexibility index (Phi) is 4.79. The third kappa shape index (κ3) is 3.82. The van der Waals surface area contributed by atoms with Crippen LogP contribution in [0.1, 0.15) is 36.9 Å². The highest BCUT2D eigenvalue weighted by molar-refractivity contribution is 5.25. The van der Waals surface area contributed by atoms with Gasteiger partial charge in [0, 0.05) is 19.1 Å². The molecule has 1 aliphatic carbocycles. The minimum Gasteiger partial charge on any atom is -0.308 e. The van der Waals surface area contributed by atoms with Gasteiger partial charge in [0.15, 0.2) is 0 Å². The molecule has 0 bridgehead atoms. The van der Waals surface area contributed by atoms with Crippen LogP contribution in [0.15, 0.2) is 24.3 Å². The lowest BCUT2D eigenvalue weighted by Crippen LogP contribution is -2.32. The lowest BCUT2D eigenvalue weighted by Gasteiger charge is -2.21. The Morgan fingerprint density at radius 1 is 1.28 bits per heavy atom. The van der Waals surface area contributed by atoms with Gasteiger partial charge in [0.25, 0.3) is 0 Å². The maximum atomic E-state index is 3.74. The minimum atomic E-state index is 0.566. The fraction of sp³-hybridized carbons (Fsp3) is 0.625. The molecule has 100 valence electrons. The largest absolute Gasteiger partial charge is 0.308 e. The van der Waals surface area contributed by atoms with Gasteiger partial charge in [0.05, 0.1) is 0 Å². The zero-order valence-electron chi connectivity index (χ0n) is 11.9. The van der Waals surface area contributed by atoms with E-state index in [1.165, 1.54) is 24.0 Å². The maximum Gasteiger partial charge on any atom is 0.0349 e. The normalized spacial score (nSPS) is 17.1. The van der Waals surface area contributed by atoms with E-state index < -0.39 is 0 Å². The zero-order valence-corrected chi connectivity index (χ0v) is 11.9. The second-order valence-corrected chi connectivity index (χ2v) is 5.58. The van der Waals surface area contributed by atoms with Crippen molar-refractivity contribution in [3.05, 3.63) is 35.4 Å². The van der Waals surface area contributed by atoms with E-state index in [0.717, 1.165) is 25.6 Å². The van der Waals surface area contributed by atoms with Gasteiger partial charge in [-0.15, -0.1) is 0 Å². The molecule has 0 aromatic heterocycles. The molecule has 0 aliphatic heterocycles. The van der Waals surface area contributed by atoms with Crippen molar-refractivity contribution in [2.24, 2.45) is 5.92 Å². The molecule has 2 rings (SSSR count). The molecule has 0 radical (unpaired) electrons. The van der Waals surface area contributed by atoms with Crippen molar-refractivity contribution in [1.82, 2.24) is 10.2 Å². The van der Waals surface area contributed by atoms with Crippen molar-refractivity contribution in [3.63, 3.8) is 0 Å². The SMILES string of the molecule is CCN(C)CCNC(c1ccc(C)cc1)C1CC1.